The summed E-state index contributed by atoms with van der Waals surface area (Å²) in [4.78, 5) is 12.9. The molecule has 5 aromatic carbocycles. The van der Waals surface area contributed by atoms with Crippen LogP contribution in [0.1, 0.15) is 92.4 Å². The Bertz CT molecular complexity index is 1480. The van der Waals surface area contributed by atoms with Crippen molar-refractivity contribution in [3.8, 4) is 11.5 Å². The number of para-hydroxylation sites is 2. The Morgan fingerprint density at radius 3 is 1.47 bits per heavy atom. The molecule has 1 N–H and O–H groups in total. The molecule has 1 saturated heterocycles. The molecular weight excluding hydrogens is 636 g/mol. The highest BCUT2D eigenvalue weighted by Crippen LogP contribution is 2.29. The highest BCUT2D eigenvalue weighted by Gasteiger charge is 2.23. The van der Waals surface area contributed by atoms with Crippen LogP contribution in [0.15, 0.2) is 115 Å². The van der Waals surface area contributed by atoms with Gasteiger partial charge in [0.1, 0.15) is 43.5 Å². The molecular formula is C45H64O6. The van der Waals surface area contributed by atoms with Crippen molar-refractivity contribution in [1.82, 2.24) is 0 Å². The minimum Gasteiger partial charge on any atom is -0.491 e. The molecule has 0 radical (unpaired) electrons. The smallest absolute Gasteiger partial charge is 0.339 e. The minimum atomic E-state index is -0.912. The number of epoxide rings is 1. The summed E-state index contributed by atoms with van der Waals surface area (Å²) >= 11 is 0. The number of carbonyl (C=O) groups is 1. The third kappa shape index (κ3) is 19.0. The van der Waals surface area contributed by atoms with E-state index in [0.717, 1.165) is 33.9 Å². The molecule has 0 amide bonds. The molecule has 1 aliphatic rings. The van der Waals surface area contributed by atoms with E-state index in [1.807, 2.05) is 139 Å². The Labute approximate surface area is 308 Å². The van der Waals surface area contributed by atoms with E-state index >= 15 is 0 Å². The van der Waals surface area contributed by atoms with Gasteiger partial charge in [0.15, 0.2) is 0 Å². The fraction of sp³-hybridized carbons (Fsp3) is 0.400. The van der Waals surface area contributed by atoms with Crippen molar-refractivity contribution in [1.29, 1.82) is 0 Å². The molecule has 1 heterocycles. The van der Waals surface area contributed by atoms with Crippen molar-refractivity contribution in [3.63, 3.8) is 0 Å². The highest BCUT2D eigenvalue weighted by atomic mass is 16.6. The van der Waals surface area contributed by atoms with Crippen LogP contribution in [0.4, 0.5) is 0 Å². The van der Waals surface area contributed by atoms with E-state index in [1.165, 1.54) is 12.8 Å². The Morgan fingerprint density at radius 2 is 1.04 bits per heavy atom. The normalized spacial score (nSPS) is 12.3. The van der Waals surface area contributed by atoms with Crippen LogP contribution in [0.2, 0.25) is 0 Å². The lowest BCUT2D eigenvalue weighted by atomic mass is 9.97. The Hall–Kier alpha value is -4.39. The quantitative estimate of drug-likeness (QED) is 0.0937. The number of ether oxygens (including phenoxy) is 4. The standard InChI is InChI=1S/C24H20O4.C9H10O2.2C3H8.3C2H6/c25-19(15-27-20-10-2-1-3-11-20)16-28-24(26)23-21-12-6-4-8-17(21)14-18-9-5-7-13-22(18)23;1-2-4-8(5-3-1)10-6-9-7-11-9;2*1-3-2;3*1-2/h1-14,19,25H,15-16H2;1-5,9H,6-7H2;2*3H2,1-2H3;3*1-2H3. The van der Waals surface area contributed by atoms with Gasteiger partial charge < -0.3 is 24.1 Å². The maximum absolute atomic E-state index is 12.9. The van der Waals surface area contributed by atoms with Crippen LogP contribution >= 0.6 is 0 Å². The third-order valence-electron chi connectivity index (χ3n) is 6.15. The van der Waals surface area contributed by atoms with Crippen molar-refractivity contribution in [3.05, 3.63) is 121 Å². The number of aliphatic hydroxyl groups is 1. The van der Waals surface area contributed by atoms with Gasteiger partial charge in [-0.3, -0.25) is 0 Å². The van der Waals surface area contributed by atoms with Crippen LogP contribution in [0, 0.1) is 0 Å². The molecule has 51 heavy (non-hydrogen) atoms. The van der Waals surface area contributed by atoms with Crippen LogP contribution in [0.25, 0.3) is 21.5 Å². The van der Waals surface area contributed by atoms with E-state index < -0.39 is 12.1 Å². The summed E-state index contributed by atoms with van der Waals surface area (Å²) in [5, 5.41) is 13.7. The molecule has 0 saturated carbocycles. The zero-order valence-electron chi connectivity index (χ0n) is 32.9. The number of rotatable bonds is 9. The van der Waals surface area contributed by atoms with E-state index in [1.54, 1.807) is 12.1 Å². The molecule has 2 unspecified atom stereocenters. The molecule has 1 fully saturated rings. The fourth-order valence-electron chi connectivity index (χ4n) is 4.11. The first-order valence-electron chi connectivity index (χ1n) is 18.7. The highest BCUT2D eigenvalue weighted by molar-refractivity contribution is 6.16. The second-order valence-corrected chi connectivity index (χ2v) is 10.6. The zero-order chi connectivity index (χ0) is 38.3. The first kappa shape index (κ1) is 46.6. The zero-order valence-corrected chi connectivity index (χ0v) is 32.9. The van der Waals surface area contributed by atoms with Gasteiger partial charge in [0, 0.05) is 0 Å². The Kier molecular flexibility index (Phi) is 27.8. The third-order valence-corrected chi connectivity index (χ3v) is 6.15. The van der Waals surface area contributed by atoms with Crippen LogP contribution in [-0.4, -0.2) is 49.7 Å². The molecule has 0 aromatic heterocycles. The van der Waals surface area contributed by atoms with Crippen LogP contribution < -0.4 is 9.47 Å². The summed E-state index contributed by atoms with van der Waals surface area (Å²) in [5.74, 6) is 1.13. The molecule has 5 aromatic rings. The van der Waals surface area contributed by atoms with Gasteiger partial charge in [-0.25, -0.2) is 4.79 Å². The average molecular weight is 701 g/mol. The molecule has 2 atom stereocenters. The van der Waals surface area contributed by atoms with Gasteiger partial charge in [0.2, 0.25) is 0 Å². The summed E-state index contributed by atoms with van der Waals surface area (Å²) in [5.41, 5.74) is 0.518. The largest absolute Gasteiger partial charge is 0.491 e. The van der Waals surface area contributed by atoms with Gasteiger partial charge in [-0.05, 0) is 51.9 Å². The van der Waals surface area contributed by atoms with Crippen LogP contribution in [0.5, 0.6) is 11.5 Å². The average Bonchev–Trinajstić information content (AvgIpc) is 4.03. The number of carbonyl (C=O) groups excluding carboxylic acids is 1. The lowest BCUT2D eigenvalue weighted by molar-refractivity contribution is 0.0133. The van der Waals surface area contributed by atoms with Crippen molar-refractivity contribution < 1.29 is 28.8 Å². The summed E-state index contributed by atoms with van der Waals surface area (Å²) in [6.45, 7) is 22.0. The lowest BCUT2D eigenvalue weighted by Gasteiger charge is -2.15. The number of hydrogen-bond donors (Lipinski definition) is 1. The first-order chi connectivity index (χ1) is 25.0. The van der Waals surface area contributed by atoms with Crippen molar-refractivity contribution in [2.24, 2.45) is 0 Å². The predicted molar refractivity (Wildman–Crippen MR) is 217 cm³/mol. The van der Waals surface area contributed by atoms with E-state index in [0.29, 0.717) is 24.0 Å². The van der Waals surface area contributed by atoms with E-state index in [9.17, 15) is 9.90 Å². The van der Waals surface area contributed by atoms with Crippen molar-refractivity contribution in [2.75, 3.05) is 26.4 Å². The second kappa shape index (κ2) is 30.4. The van der Waals surface area contributed by atoms with Gasteiger partial charge in [-0.1, -0.05) is 167 Å². The number of esters is 1. The van der Waals surface area contributed by atoms with Crippen LogP contribution in [-0.2, 0) is 9.47 Å². The number of benzene rings is 5. The summed E-state index contributed by atoms with van der Waals surface area (Å²) in [6.07, 6.45) is 1.93. The minimum absolute atomic E-state index is 0.0492. The summed E-state index contributed by atoms with van der Waals surface area (Å²) in [6, 6.07) is 36.5. The van der Waals surface area contributed by atoms with Gasteiger partial charge in [-0.15, -0.1) is 0 Å². The molecule has 6 heteroatoms. The SMILES string of the molecule is CC.CC.CC.CCC.CCC.O=C(OCC(O)COc1ccccc1)c1c2ccccc2cc2ccccc12.c1ccc(OCC2CO2)cc1. The first-order valence-corrected chi connectivity index (χ1v) is 18.7. The van der Waals surface area contributed by atoms with E-state index in [-0.39, 0.29) is 13.2 Å². The van der Waals surface area contributed by atoms with Crippen LogP contribution in [0.3, 0.4) is 0 Å². The molecule has 6 rings (SSSR count). The number of aliphatic hydroxyl groups excluding tert-OH is 1. The molecule has 1 aliphatic heterocycles. The molecule has 0 spiro atoms. The van der Waals surface area contributed by atoms with E-state index in [2.05, 4.69) is 33.8 Å². The van der Waals surface area contributed by atoms with Gasteiger partial charge in [0.05, 0.1) is 12.2 Å². The topological polar surface area (TPSA) is 77.5 Å². The molecule has 280 valence electrons. The second-order valence-electron chi connectivity index (χ2n) is 10.6. The number of fused-ring (bicyclic) bond motifs is 2. The molecule has 6 nitrogen and oxygen atoms in total. The summed E-state index contributed by atoms with van der Waals surface area (Å²) < 4.78 is 21.3. The van der Waals surface area contributed by atoms with Crippen molar-refractivity contribution in [2.45, 2.75) is 94.3 Å². The number of hydrogen-bond acceptors (Lipinski definition) is 6. The monoisotopic (exact) mass is 700 g/mol. The maximum Gasteiger partial charge on any atom is 0.339 e. The fourth-order valence-corrected chi connectivity index (χ4v) is 4.11. The molecule has 0 aliphatic carbocycles. The summed E-state index contributed by atoms with van der Waals surface area (Å²) in [7, 11) is 0. The Balaban J connectivity index is 0.000000896. The lowest BCUT2D eigenvalue weighted by Crippen LogP contribution is -2.25. The van der Waals surface area contributed by atoms with Gasteiger partial charge >= 0.3 is 5.97 Å². The van der Waals surface area contributed by atoms with Gasteiger partial charge in [-0.2, -0.15) is 0 Å². The van der Waals surface area contributed by atoms with Gasteiger partial charge in [0.25, 0.3) is 0 Å². The predicted octanol–water partition coefficient (Wildman–Crippen LogP) is 12.0. The Morgan fingerprint density at radius 1 is 0.647 bits per heavy atom. The van der Waals surface area contributed by atoms with E-state index in [4.69, 9.17) is 18.9 Å². The molecule has 0 bridgehead atoms. The van der Waals surface area contributed by atoms with Crippen molar-refractivity contribution >= 4 is 27.5 Å². The maximum atomic E-state index is 12.9.